The van der Waals surface area contributed by atoms with Crippen molar-refractivity contribution in [1.82, 2.24) is 0 Å². The van der Waals surface area contributed by atoms with Gasteiger partial charge in [-0.25, -0.2) is 4.79 Å². The van der Waals surface area contributed by atoms with Gasteiger partial charge in [-0.3, -0.25) is 4.79 Å². The van der Waals surface area contributed by atoms with Gasteiger partial charge in [0.2, 0.25) is 0 Å². The fourth-order valence-electron chi connectivity index (χ4n) is 2.65. The fraction of sp³-hybridized carbons (Fsp3) is 0.364. The Balaban J connectivity index is 2.02. The van der Waals surface area contributed by atoms with Gasteiger partial charge in [0.05, 0.1) is 21.3 Å². The van der Waals surface area contributed by atoms with Crippen LogP contribution in [0.15, 0.2) is 36.4 Å². The lowest BCUT2D eigenvalue weighted by molar-refractivity contribution is -0.119. The minimum Gasteiger partial charge on any atom is -0.496 e. The maximum Gasteiger partial charge on any atom is 0.342 e. The van der Waals surface area contributed by atoms with E-state index < -0.39 is 18.5 Å². The van der Waals surface area contributed by atoms with Crippen molar-refractivity contribution in [2.75, 3.05) is 33.3 Å². The Hall–Kier alpha value is -3.22. The zero-order valence-corrected chi connectivity index (χ0v) is 17.6. The van der Waals surface area contributed by atoms with E-state index in [-0.39, 0.29) is 16.7 Å². The molecule has 0 aromatic heterocycles. The van der Waals surface area contributed by atoms with E-state index in [1.54, 1.807) is 0 Å². The number of hydrogen-bond acceptors (Lipinski definition) is 6. The smallest absolute Gasteiger partial charge is 0.342 e. The Morgan fingerprint density at radius 2 is 1.41 bits per heavy atom. The molecule has 0 saturated carbocycles. The molecule has 2 aromatic carbocycles. The van der Waals surface area contributed by atoms with Crippen LogP contribution in [0.1, 0.15) is 36.7 Å². The number of carbonyl (C=O) groups is 2. The molecule has 0 saturated heterocycles. The molecule has 156 valence electrons. The van der Waals surface area contributed by atoms with E-state index in [0.717, 1.165) is 5.56 Å². The van der Waals surface area contributed by atoms with Crippen molar-refractivity contribution < 1.29 is 28.5 Å². The van der Waals surface area contributed by atoms with Crippen LogP contribution in [0, 0.1) is 0 Å². The second-order valence-corrected chi connectivity index (χ2v) is 7.36. The number of carbonyl (C=O) groups excluding carboxylic acids is 2. The molecule has 0 aliphatic heterocycles. The van der Waals surface area contributed by atoms with E-state index in [1.165, 1.54) is 33.5 Å². The number of amides is 1. The molecule has 0 atom stereocenters. The van der Waals surface area contributed by atoms with Crippen LogP contribution in [0.3, 0.4) is 0 Å². The summed E-state index contributed by atoms with van der Waals surface area (Å²) in [6, 6.07) is 10.5. The summed E-state index contributed by atoms with van der Waals surface area (Å²) in [5.74, 6) is -0.130. The van der Waals surface area contributed by atoms with Crippen LogP contribution < -0.4 is 19.5 Å². The van der Waals surface area contributed by atoms with Gasteiger partial charge in [0.1, 0.15) is 11.3 Å². The monoisotopic (exact) mass is 401 g/mol. The molecule has 29 heavy (non-hydrogen) atoms. The first kappa shape index (κ1) is 22.1. The van der Waals surface area contributed by atoms with Crippen molar-refractivity contribution in [2.45, 2.75) is 26.2 Å². The van der Waals surface area contributed by atoms with Crippen LogP contribution in [-0.4, -0.2) is 39.8 Å². The van der Waals surface area contributed by atoms with E-state index in [1.807, 2.05) is 24.3 Å². The Bertz CT molecular complexity index is 868. The lowest BCUT2D eigenvalue weighted by atomic mass is 9.87. The van der Waals surface area contributed by atoms with E-state index >= 15 is 0 Å². The third-order valence-corrected chi connectivity index (χ3v) is 4.29. The Labute approximate surface area is 170 Å². The van der Waals surface area contributed by atoms with Crippen LogP contribution in [-0.2, 0) is 14.9 Å². The number of ether oxygens (including phenoxy) is 4. The van der Waals surface area contributed by atoms with Gasteiger partial charge >= 0.3 is 5.97 Å². The molecule has 0 unspecified atom stereocenters. The number of hydrogen-bond donors (Lipinski definition) is 1. The summed E-state index contributed by atoms with van der Waals surface area (Å²) in [7, 11) is 4.36. The number of benzene rings is 2. The predicted octanol–water partition coefficient (Wildman–Crippen LogP) is 3.81. The standard InChI is InChI=1S/C22H27NO6/c1-22(2,3)14-7-9-15(10-8-14)23-20(24)13-29-21(25)16-11-18(27-5)19(28-6)12-17(16)26-4/h7-12H,13H2,1-6H3,(H,23,24). The quantitative estimate of drug-likeness (QED) is 0.711. The maximum atomic E-state index is 12.4. The van der Waals surface area contributed by atoms with E-state index in [0.29, 0.717) is 17.2 Å². The molecule has 1 N–H and O–H groups in total. The number of nitrogens with one attached hydrogen (secondary N) is 1. The Morgan fingerprint density at radius 1 is 0.862 bits per heavy atom. The van der Waals surface area contributed by atoms with Crippen LogP contribution in [0.4, 0.5) is 5.69 Å². The van der Waals surface area contributed by atoms with Crippen molar-refractivity contribution >= 4 is 17.6 Å². The van der Waals surface area contributed by atoms with Gasteiger partial charge < -0.3 is 24.3 Å². The SMILES string of the molecule is COc1cc(OC)c(C(=O)OCC(=O)Nc2ccc(C(C)(C)C)cc2)cc1OC. The van der Waals surface area contributed by atoms with Crippen LogP contribution in [0.2, 0.25) is 0 Å². The van der Waals surface area contributed by atoms with Crippen molar-refractivity contribution in [3.63, 3.8) is 0 Å². The van der Waals surface area contributed by atoms with Crippen LogP contribution >= 0.6 is 0 Å². The molecule has 0 aliphatic carbocycles. The van der Waals surface area contributed by atoms with Crippen molar-refractivity contribution in [2.24, 2.45) is 0 Å². The van der Waals surface area contributed by atoms with Crippen molar-refractivity contribution in [1.29, 1.82) is 0 Å². The molecular weight excluding hydrogens is 374 g/mol. The van der Waals surface area contributed by atoms with Gasteiger partial charge in [-0.1, -0.05) is 32.9 Å². The molecule has 0 radical (unpaired) electrons. The third kappa shape index (κ3) is 5.63. The summed E-state index contributed by atoms with van der Waals surface area (Å²) in [5, 5.41) is 2.70. The second-order valence-electron chi connectivity index (χ2n) is 7.36. The van der Waals surface area contributed by atoms with Crippen LogP contribution in [0.5, 0.6) is 17.2 Å². The maximum absolute atomic E-state index is 12.4. The number of methoxy groups -OCH3 is 3. The minimum atomic E-state index is -0.707. The summed E-state index contributed by atoms with van der Waals surface area (Å²) in [4.78, 5) is 24.6. The number of anilines is 1. The van der Waals surface area contributed by atoms with E-state index in [4.69, 9.17) is 18.9 Å². The topological polar surface area (TPSA) is 83.1 Å². The normalized spacial score (nSPS) is 10.8. The van der Waals surface area contributed by atoms with Gasteiger partial charge in [0.25, 0.3) is 5.91 Å². The Morgan fingerprint density at radius 3 is 1.93 bits per heavy atom. The average Bonchev–Trinajstić information content (AvgIpc) is 2.70. The third-order valence-electron chi connectivity index (χ3n) is 4.29. The van der Waals surface area contributed by atoms with Crippen LogP contribution in [0.25, 0.3) is 0 Å². The van der Waals surface area contributed by atoms with E-state index in [2.05, 4.69) is 26.1 Å². The first-order valence-electron chi connectivity index (χ1n) is 9.07. The zero-order chi connectivity index (χ0) is 21.6. The van der Waals surface area contributed by atoms with Gasteiger partial charge in [0.15, 0.2) is 18.1 Å². The van der Waals surface area contributed by atoms with Gasteiger partial charge in [-0.15, -0.1) is 0 Å². The predicted molar refractivity (Wildman–Crippen MR) is 110 cm³/mol. The lowest BCUT2D eigenvalue weighted by Gasteiger charge is -2.19. The number of esters is 1. The molecule has 0 aliphatic rings. The molecule has 7 nitrogen and oxygen atoms in total. The molecule has 0 spiro atoms. The summed E-state index contributed by atoms with van der Waals surface area (Å²) < 4.78 is 20.7. The van der Waals surface area contributed by atoms with Crippen molar-refractivity contribution in [3.05, 3.63) is 47.5 Å². The first-order chi connectivity index (χ1) is 13.7. The summed E-state index contributed by atoms with van der Waals surface area (Å²) >= 11 is 0. The summed E-state index contributed by atoms with van der Waals surface area (Å²) in [6.07, 6.45) is 0. The molecule has 2 rings (SSSR count). The van der Waals surface area contributed by atoms with Gasteiger partial charge in [0, 0.05) is 17.8 Å². The average molecular weight is 401 g/mol. The highest BCUT2D eigenvalue weighted by Gasteiger charge is 2.20. The minimum absolute atomic E-state index is 0.0244. The molecule has 0 bridgehead atoms. The molecule has 0 fully saturated rings. The second kappa shape index (κ2) is 9.32. The fourth-order valence-corrected chi connectivity index (χ4v) is 2.65. The highest BCUT2D eigenvalue weighted by Crippen LogP contribution is 2.35. The summed E-state index contributed by atoms with van der Waals surface area (Å²) in [6.45, 7) is 5.91. The molecular formula is C22H27NO6. The lowest BCUT2D eigenvalue weighted by Crippen LogP contribution is -2.21. The highest BCUT2D eigenvalue weighted by molar-refractivity contribution is 5.97. The van der Waals surface area contributed by atoms with Gasteiger partial charge in [-0.05, 0) is 23.1 Å². The number of rotatable bonds is 7. The molecule has 0 heterocycles. The molecule has 7 heteroatoms. The zero-order valence-electron chi connectivity index (χ0n) is 17.6. The highest BCUT2D eigenvalue weighted by atomic mass is 16.5. The van der Waals surface area contributed by atoms with E-state index in [9.17, 15) is 9.59 Å². The first-order valence-corrected chi connectivity index (χ1v) is 9.07. The Kier molecular flexibility index (Phi) is 7.09. The molecule has 1 amide bonds. The largest absolute Gasteiger partial charge is 0.496 e. The van der Waals surface area contributed by atoms with Gasteiger partial charge in [-0.2, -0.15) is 0 Å². The molecule has 2 aromatic rings. The summed E-state index contributed by atoms with van der Waals surface area (Å²) in [5.41, 5.74) is 1.94. The van der Waals surface area contributed by atoms with Crippen molar-refractivity contribution in [3.8, 4) is 17.2 Å².